The van der Waals surface area contributed by atoms with Crippen molar-refractivity contribution in [1.82, 2.24) is 19.5 Å². The van der Waals surface area contributed by atoms with E-state index >= 15 is 0 Å². The largest absolute Gasteiger partial charge is 0.382 e. The minimum Gasteiger partial charge on any atom is -0.382 e. The van der Waals surface area contributed by atoms with Gasteiger partial charge >= 0.3 is 0 Å². The zero-order valence-electron chi connectivity index (χ0n) is 12.1. The Bertz CT molecular complexity index is 786. The maximum atomic E-state index is 11.6. The van der Waals surface area contributed by atoms with Gasteiger partial charge in [0.2, 0.25) is 0 Å². The van der Waals surface area contributed by atoms with Crippen molar-refractivity contribution in [3.05, 3.63) is 42.5 Å². The first kappa shape index (κ1) is 14.3. The number of imidazole rings is 1. The molecule has 0 saturated heterocycles. The fraction of sp³-hybridized carbons (Fsp3) is 0.267. The molecule has 2 N–H and O–H groups in total. The number of fused-ring (bicyclic) bond motifs is 1. The second kappa shape index (κ2) is 5.98. The van der Waals surface area contributed by atoms with Crippen LogP contribution in [0.15, 0.2) is 36.9 Å². The van der Waals surface area contributed by atoms with Gasteiger partial charge in [-0.25, -0.2) is 15.0 Å². The van der Waals surface area contributed by atoms with Crippen LogP contribution in [0.3, 0.4) is 0 Å². The van der Waals surface area contributed by atoms with Crippen LogP contribution in [0.2, 0.25) is 0 Å². The first-order valence-electron chi connectivity index (χ1n) is 6.93. The van der Waals surface area contributed by atoms with E-state index in [-0.39, 0.29) is 18.5 Å². The van der Waals surface area contributed by atoms with E-state index in [1.54, 1.807) is 18.5 Å². The van der Waals surface area contributed by atoms with Crippen molar-refractivity contribution in [2.45, 2.75) is 26.2 Å². The Labute approximate surface area is 127 Å². The standard InChI is InChI=1S/C15H16N5O2/c1-10(22-7-11-4-2-3-5-12(11)21)6-20-9-19-13-14(16)17-8-18-15(13)20/h2-5,8-10H,6-7H2,1H3,(H2,16,17,18)/t10-/m1/s1. The van der Waals surface area contributed by atoms with Crippen LogP contribution in [0.4, 0.5) is 5.82 Å². The quantitative estimate of drug-likeness (QED) is 0.778. The lowest BCUT2D eigenvalue weighted by Gasteiger charge is -2.14. The summed E-state index contributed by atoms with van der Waals surface area (Å²) in [5.74, 6) is 0.348. The van der Waals surface area contributed by atoms with Gasteiger partial charge in [0, 0.05) is 5.56 Å². The lowest BCUT2D eigenvalue weighted by atomic mass is 10.2. The Morgan fingerprint density at radius 3 is 2.91 bits per heavy atom. The molecular formula is C15H16N5O2. The van der Waals surface area contributed by atoms with Crippen molar-refractivity contribution in [3.63, 3.8) is 0 Å². The van der Waals surface area contributed by atoms with E-state index in [1.165, 1.54) is 12.4 Å². The second-order valence-corrected chi connectivity index (χ2v) is 5.06. The van der Waals surface area contributed by atoms with Crippen LogP contribution in [0, 0.1) is 0 Å². The molecule has 3 aromatic rings. The molecule has 1 aromatic carbocycles. The molecule has 1 atom stereocenters. The molecule has 7 nitrogen and oxygen atoms in total. The number of hydrogen-bond donors (Lipinski definition) is 1. The van der Waals surface area contributed by atoms with Crippen LogP contribution in [-0.2, 0) is 23.0 Å². The number of nitrogen functional groups attached to an aromatic ring is 1. The highest BCUT2D eigenvalue weighted by Crippen LogP contribution is 2.19. The average Bonchev–Trinajstić information content (AvgIpc) is 2.91. The summed E-state index contributed by atoms with van der Waals surface area (Å²) >= 11 is 0. The average molecular weight is 298 g/mol. The van der Waals surface area contributed by atoms with Gasteiger partial charge in [0.25, 0.3) is 0 Å². The minimum absolute atomic E-state index is 0.0108. The minimum atomic E-state index is -0.104. The summed E-state index contributed by atoms with van der Waals surface area (Å²) in [5.41, 5.74) is 7.66. The number of para-hydroxylation sites is 1. The van der Waals surface area contributed by atoms with Crippen molar-refractivity contribution >= 4 is 17.0 Å². The Balaban J connectivity index is 1.67. The van der Waals surface area contributed by atoms with E-state index in [0.29, 0.717) is 29.1 Å². The number of ether oxygens (including phenoxy) is 1. The third-order valence-electron chi connectivity index (χ3n) is 3.38. The van der Waals surface area contributed by atoms with Crippen molar-refractivity contribution in [2.24, 2.45) is 0 Å². The summed E-state index contributed by atoms with van der Waals surface area (Å²) in [4.78, 5) is 12.3. The van der Waals surface area contributed by atoms with Crippen LogP contribution in [0.5, 0.6) is 5.75 Å². The van der Waals surface area contributed by atoms with E-state index in [2.05, 4.69) is 15.0 Å². The predicted molar refractivity (Wildman–Crippen MR) is 80.6 cm³/mol. The summed E-state index contributed by atoms with van der Waals surface area (Å²) in [5, 5.41) is 11.6. The molecule has 0 saturated carbocycles. The first-order valence-corrected chi connectivity index (χ1v) is 6.93. The number of hydrogen-bond acceptors (Lipinski definition) is 5. The van der Waals surface area contributed by atoms with E-state index < -0.39 is 0 Å². The normalized spacial score (nSPS) is 12.6. The fourth-order valence-electron chi connectivity index (χ4n) is 2.22. The van der Waals surface area contributed by atoms with Gasteiger partial charge in [0.05, 0.1) is 25.6 Å². The molecule has 0 unspecified atom stereocenters. The summed E-state index contributed by atoms with van der Waals surface area (Å²) < 4.78 is 7.60. The SMILES string of the molecule is C[C@H](Cn1cnc2c(N)ncnc21)OCc1ccccc1[O]. The number of nitrogens with zero attached hydrogens (tertiary/aromatic N) is 4. The lowest BCUT2D eigenvalue weighted by Crippen LogP contribution is -2.16. The number of rotatable bonds is 5. The highest BCUT2D eigenvalue weighted by molar-refractivity contribution is 5.81. The van der Waals surface area contributed by atoms with Crippen molar-refractivity contribution in [1.29, 1.82) is 0 Å². The number of nitrogens with two attached hydrogens (primary N) is 1. The van der Waals surface area contributed by atoms with Gasteiger partial charge in [0.1, 0.15) is 11.8 Å². The van der Waals surface area contributed by atoms with E-state index in [4.69, 9.17) is 10.5 Å². The van der Waals surface area contributed by atoms with E-state index in [9.17, 15) is 5.11 Å². The second-order valence-electron chi connectivity index (χ2n) is 5.06. The number of aromatic nitrogens is 4. The van der Waals surface area contributed by atoms with Crippen molar-refractivity contribution in [2.75, 3.05) is 5.73 Å². The van der Waals surface area contributed by atoms with Gasteiger partial charge in [-0.2, -0.15) is 0 Å². The molecule has 0 aliphatic heterocycles. The van der Waals surface area contributed by atoms with Crippen molar-refractivity contribution < 1.29 is 9.84 Å². The summed E-state index contributed by atoms with van der Waals surface area (Å²) in [7, 11) is 0. The van der Waals surface area contributed by atoms with Crippen LogP contribution >= 0.6 is 0 Å². The van der Waals surface area contributed by atoms with Crippen LogP contribution in [-0.4, -0.2) is 25.6 Å². The maximum absolute atomic E-state index is 11.6. The molecule has 0 aliphatic carbocycles. The highest BCUT2D eigenvalue weighted by atomic mass is 16.5. The number of anilines is 1. The predicted octanol–water partition coefficient (Wildman–Crippen LogP) is 2.16. The molecule has 7 heteroatoms. The monoisotopic (exact) mass is 298 g/mol. The molecule has 0 aliphatic rings. The van der Waals surface area contributed by atoms with E-state index in [0.717, 1.165) is 0 Å². The molecule has 0 amide bonds. The fourth-order valence-corrected chi connectivity index (χ4v) is 2.22. The Morgan fingerprint density at radius 2 is 2.09 bits per heavy atom. The van der Waals surface area contributed by atoms with Gasteiger partial charge in [-0.05, 0) is 13.0 Å². The zero-order valence-corrected chi connectivity index (χ0v) is 12.1. The molecule has 0 fully saturated rings. The molecule has 113 valence electrons. The topological polar surface area (TPSA) is 98.8 Å². The maximum Gasteiger partial charge on any atom is 0.184 e. The van der Waals surface area contributed by atoms with Crippen LogP contribution in [0.25, 0.3) is 11.2 Å². The van der Waals surface area contributed by atoms with Crippen LogP contribution < -0.4 is 5.73 Å². The third kappa shape index (κ3) is 2.84. The molecule has 0 bridgehead atoms. The zero-order chi connectivity index (χ0) is 15.5. The molecule has 1 radical (unpaired) electrons. The summed E-state index contributed by atoms with van der Waals surface area (Å²) in [6, 6.07) is 6.85. The van der Waals surface area contributed by atoms with Gasteiger partial charge in [-0.3, -0.25) is 5.11 Å². The first-order chi connectivity index (χ1) is 10.6. The van der Waals surface area contributed by atoms with Gasteiger partial charge in [-0.15, -0.1) is 0 Å². The van der Waals surface area contributed by atoms with Crippen molar-refractivity contribution in [3.8, 4) is 5.75 Å². The lowest BCUT2D eigenvalue weighted by molar-refractivity contribution is 0.0409. The summed E-state index contributed by atoms with van der Waals surface area (Å²) in [6.45, 7) is 2.78. The molecular weight excluding hydrogens is 282 g/mol. The molecule has 0 spiro atoms. The van der Waals surface area contributed by atoms with Gasteiger partial charge in [-0.1, -0.05) is 18.2 Å². The Kier molecular flexibility index (Phi) is 3.88. The Hall–Kier alpha value is -2.67. The van der Waals surface area contributed by atoms with Crippen LogP contribution in [0.1, 0.15) is 12.5 Å². The molecule has 2 heterocycles. The summed E-state index contributed by atoms with van der Waals surface area (Å²) in [6.07, 6.45) is 2.97. The molecule has 3 rings (SSSR count). The Morgan fingerprint density at radius 1 is 1.27 bits per heavy atom. The third-order valence-corrected chi connectivity index (χ3v) is 3.38. The molecule has 22 heavy (non-hydrogen) atoms. The smallest absolute Gasteiger partial charge is 0.184 e. The molecule has 2 aromatic heterocycles. The highest BCUT2D eigenvalue weighted by Gasteiger charge is 2.11. The van der Waals surface area contributed by atoms with E-state index in [1.807, 2.05) is 17.6 Å². The number of benzene rings is 1. The van der Waals surface area contributed by atoms with Gasteiger partial charge < -0.3 is 15.0 Å². The van der Waals surface area contributed by atoms with Gasteiger partial charge in [0.15, 0.2) is 17.2 Å².